The average molecular weight is 394 g/mol. The molecule has 0 saturated carbocycles. The lowest BCUT2D eigenvalue weighted by Crippen LogP contribution is -2.34. The molecular formula is C22H20BrNO. The fourth-order valence-corrected chi connectivity index (χ4v) is 4.32. The maximum Gasteiger partial charge on any atom is 0.139 e. The standard InChI is InChI=1S/C22H20BrNO/c1-22(16-8-3-2-4-9-16)14-19(15-7-5-10-17(23)13-15)24-21-18(22)11-6-12-20(21)25/h2-13,19,24-25H,14H2,1H3/t19-,22-/m0/s1. The topological polar surface area (TPSA) is 32.3 Å². The van der Waals surface area contributed by atoms with Crippen molar-refractivity contribution in [3.05, 3.63) is 94.0 Å². The van der Waals surface area contributed by atoms with Crippen molar-refractivity contribution >= 4 is 21.6 Å². The van der Waals surface area contributed by atoms with Crippen LogP contribution in [0.15, 0.2) is 77.3 Å². The number of anilines is 1. The van der Waals surface area contributed by atoms with Gasteiger partial charge in [-0.3, -0.25) is 0 Å². The van der Waals surface area contributed by atoms with Gasteiger partial charge in [-0.05, 0) is 41.3 Å². The van der Waals surface area contributed by atoms with Gasteiger partial charge in [0.1, 0.15) is 5.75 Å². The zero-order chi connectivity index (χ0) is 17.4. The van der Waals surface area contributed by atoms with Crippen molar-refractivity contribution in [2.45, 2.75) is 24.8 Å². The van der Waals surface area contributed by atoms with Crippen LogP contribution in [-0.4, -0.2) is 5.11 Å². The minimum atomic E-state index is -0.173. The van der Waals surface area contributed by atoms with E-state index in [2.05, 4.69) is 76.7 Å². The molecule has 0 aromatic heterocycles. The highest BCUT2D eigenvalue weighted by Crippen LogP contribution is 2.50. The molecule has 2 N–H and O–H groups in total. The van der Waals surface area contributed by atoms with E-state index in [1.54, 1.807) is 6.07 Å². The number of para-hydroxylation sites is 1. The van der Waals surface area contributed by atoms with E-state index in [0.717, 1.165) is 22.1 Å². The number of halogens is 1. The summed E-state index contributed by atoms with van der Waals surface area (Å²) in [5.41, 5.74) is 4.29. The number of phenolic OH excluding ortho intramolecular Hbond substituents is 1. The van der Waals surface area contributed by atoms with Crippen LogP contribution < -0.4 is 5.32 Å². The SMILES string of the molecule is C[C@@]1(c2ccccc2)C[C@@H](c2cccc(Br)c2)Nc2c(O)cccc21. The predicted molar refractivity (Wildman–Crippen MR) is 106 cm³/mol. The molecule has 0 radical (unpaired) electrons. The number of benzene rings is 3. The molecule has 1 heterocycles. The Kier molecular flexibility index (Phi) is 4.04. The van der Waals surface area contributed by atoms with Crippen molar-refractivity contribution in [2.75, 3.05) is 5.32 Å². The summed E-state index contributed by atoms with van der Waals surface area (Å²) >= 11 is 3.57. The Morgan fingerprint density at radius 3 is 2.52 bits per heavy atom. The van der Waals surface area contributed by atoms with Gasteiger partial charge in [0, 0.05) is 9.89 Å². The third-order valence-electron chi connectivity index (χ3n) is 5.23. The summed E-state index contributed by atoms with van der Waals surface area (Å²) in [6.07, 6.45) is 0.921. The van der Waals surface area contributed by atoms with Crippen LogP contribution in [0.25, 0.3) is 0 Å². The van der Waals surface area contributed by atoms with E-state index in [4.69, 9.17) is 0 Å². The normalized spacial score (nSPS) is 22.1. The van der Waals surface area contributed by atoms with Crippen molar-refractivity contribution in [3.63, 3.8) is 0 Å². The van der Waals surface area contributed by atoms with E-state index >= 15 is 0 Å². The molecule has 0 bridgehead atoms. The van der Waals surface area contributed by atoms with E-state index in [9.17, 15) is 5.11 Å². The molecule has 0 unspecified atom stereocenters. The zero-order valence-corrected chi connectivity index (χ0v) is 15.6. The molecule has 126 valence electrons. The molecule has 1 aliphatic heterocycles. The summed E-state index contributed by atoms with van der Waals surface area (Å²) in [4.78, 5) is 0. The van der Waals surface area contributed by atoms with Crippen LogP contribution in [-0.2, 0) is 5.41 Å². The lowest BCUT2D eigenvalue weighted by atomic mass is 9.68. The first-order valence-corrected chi connectivity index (χ1v) is 9.27. The average Bonchev–Trinajstić information content (AvgIpc) is 2.63. The van der Waals surface area contributed by atoms with Crippen LogP contribution in [0.2, 0.25) is 0 Å². The maximum absolute atomic E-state index is 10.5. The summed E-state index contributed by atoms with van der Waals surface area (Å²) in [5, 5.41) is 14.0. The van der Waals surface area contributed by atoms with Gasteiger partial charge in [-0.2, -0.15) is 0 Å². The molecule has 3 aromatic carbocycles. The molecule has 4 rings (SSSR count). The Labute approximate surface area is 156 Å². The minimum Gasteiger partial charge on any atom is -0.506 e. The molecule has 3 heteroatoms. The number of aromatic hydroxyl groups is 1. The highest BCUT2D eigenvalue weighted by Gasteiger charge is 2.39. The second-order valence-corrected chi connectivity index (χ2v) is 7.77. The molecule has 3 aromatic rings. The Hall–Kier alpha value is -2.26. The number of nitrogens with one attached hydrogen (secondary N) is 1. The van der Waals surface area contributed by atoms with Crippen molar-refractivity contribution in [3.8, 4) is 5.75 Å². The molecular weight excluding hydrogens is 374 g/mol. The summed E-state index contributed by atoms with van der Waals surface area (Å²) in [7, 11) is 0. The Morgan fingerprint density at radius 2 is 1.76 bits per heavy atom. The number of phenols is 1. The molecule has 0 saturated heterocycles. The summed E-state index contributed by atoms with van der Waals surface area (Å²) in [6, 6.07) is 24.9. The van der Waals surface area contributed by atoms with Crippen molar-refractivity contribution < 1.29 is 5.11 Å². The second-order valence-electron chi connectivity index (χ2n) is 6.85. The van der Waals surface area contributed by atoms with E-state index in [0.29, 0.717) is 5.75 Å². The highest BCUT2D eigenvalue weighted by molar-refractivity contribution is 9.10. The smallest absolute Gasteiger partial charge is 0.139 e. The molecule has 1 aliphatic rings. The van der Waals surface area contributed by atoms with Gasteiger partial charge in [-0.1, -0.05) is 77.5 Å². The van der Waals surface area contributed by atoms with Crippen molar-refractivity contribution in [1.82, 2.24) is 0 Å². The van der Waals surface area contributed by atoms with Crippen LogP contribution in [0.3, 0.4) is 0 Å². The lowest BCUT2D eigenvalue weighted by molar-refractivity contribution is 0.438. The van der Waals surface area contributed by atoms with Gasteiger partial charge >= 0.3 is 0 Å². The van der Waals surface area contributed by atoms with Crippen molar-refractivity contribution in [1.29, 1.82) is 0 Å². The predicted octanol–water partition coefficient (Wildman–Crippen LogP) is 6.02. The van der Waals surface area contributed by atoms with Gasteiger partial charge < -0.3 is 10.4 Å². The summed E-state index contributed by atoms with van der Waals surface area (Å²) in [6.45, 7) is 2.27. The van der Waals surface area contributed by atoms with E-state index < -0.39 is 0 Å². The number of rotatable bonds is 2. The van der Waals surface area contributed by atoms with E-state index in [1.807, 2.05) is 18.2 Å². The largest absolute Gasteiger partial charge is 0.506 e. The van der Waals surface area contributed by atoms with Gasteiger partial charge in [-0.25, -0.2) is 0 Å². The zero-order valence-electron chi connectivity index (χ0n) is 14.0. The number of hydrogen-bond donors (Lipinski definition) is 2. The molecule has 25 heavy (non-hydrogen) atoms. The third-order valence-corrected chi connectivity index (χ3v) is 5.72. The van der Waals surface area contributed by atoms with Gasteiger partial charge in [0.2, 0.25) is 0 Å². The van der Waals surface area contributed by atoms with Crippen LogP contribution in [0, 0.1) is 0 Å². The molecule has 0 fully saturated rings. The van der Waals surface area contributed by atoms with Crippen molar-refractivity contribution in [2.24, 2.45) is 0 Å². The minimum absolute atomic E-state index is 0.128. The lowest BCUT2D eigenvalue weighted by Gasteiger charge is -2.42. The summed E-state index contributed by atoms with van der Waals surface area (Å²) < 4.78 is 1.07. The molecule has 0 spiro atoms. The fourth-order valence-electron chi connectivity index (χ4n) is 3.90. The van der Waals surface area contributed by atoms with Crippen LogP contribution >= 0.6 is 15.9 Å². The van der Waals surface area contributed by atoms with Gasteiger partial charge in [0.05, 0.1) is 11.7 Å². The quantitative estimate of drug-likeness (QED) is 0.521. The monoisotopic (exact) mass is 393 g/mol. The maximum atomic E-state index is 10.5. The van der Waals surface area contributed by atoms with Crippen LogP contribution in [0.5, 0.6) is 5.75 Å². The van der Waals surface area contributed by atoms with Crippen LogP contribution in [0.4, 0.5) is 5.69 Å². The van der Waals surface area contributed by atoms with Gasteiger partial charge in [-0.15, -0.1) is 0 Å². The van der Waals surface area contributed by atoms with Crippen LogP contribution in [0.1, 0.15) is 36.1 Å². The number of fused-ring (bicyclic) bond motifs is 1. The third kappa shape index (κ3) is 2.83. The second kappa shape index (κ2) is 6.23. The molecule has 0 aliphatic carbocycles. The first kappa shape index (κ1) is 16.2. The fraction of sp³-hybridized carbons (Fsp3) is 0.182. The van der Waals surface area contributed by atoms with E-state index in [1.165, 1.54) is 11.1 Å². The Bertz CT molecular complexity index is 909. The van der Waals surface area contributed by atoms with Gasteiger partial charge in [0.25, 0.3) is 0 Å². The summed E-state index contributed by atoms with van der Waals surface area (Å²) in [5.74, 6) is 0.305. The Balaban J connectivity index is 1.88. The molecule has 2 nitrogen and oxygen atoms in total. The first-order valence-electron chi connectivity index (χ1n) is 8.48. The molecule has 0 amide bonds. The molecule has 2 atom stereocenters. The van der Waals surface area contributed by atoms with E-state index in [-0.39, 0.29) is 11.5 Å². The Morgan fingerprint density at radius 1 is 1.00 bits per heavy atom. The number of hydrogen-bond acceptors (Lipinski definition) is 2. The first-order chi connectivity index (χ1) is 12.1. The van der Waals surface area contributed by atoms with Gasteiger partial charge in [0.15, 0.2) is 0 Å². The highest BCUT2D eigenvalue weighted by atomic mass is 79.9.